The zero-order valence-corrected chi connectivity index (χ0v) is 13.3. The van der Waals surface area contributed by atoms with Crippen LogP contribution in [0.25, 0.3) is 11.4 Å². The fourth-order valence-electron chi connectivity index (χ4n) is 2.82. The average molecular weight is 369 g/mol. The van der Waals surface area contributed by atoms with Gasteiger partial charge in [-0.2, -0.15) is 18.0 Å². The summed E-state index contributed by atoms with van der Waals surface area (Å²) in [5.74, 6) is -5.76. The van der Waals surface area contributed by atoms with Crippen LogP contribution in [0.3, 0.4) is 0 Å². The molecule has 11 heteroatoms. The molecule has 1 amide bonds. The zero-order chi connectivity index (χ0) is 18.9. The molecule has 26 heavy (non-hydrogen) atoms. The van der Waals surface area contributed by atoms with Crippen LogP contribution in [-0.4, -0.2) is 61.4 Å². The van der Waals surface area contributed by atoms with Crippen LogP contribution in [0, 0.1) is 11.8 Å². The number of carbonyl (C=O) groups excluding carboxylic acids is 1. The standard InChI is InChI=1S/C15H14F3N5O3/c16-15(17,18)11-7-22(6-10(11)14(25)26)12(24)8-23-20-13(19-21-23)9-4-2-1-3-5-9/h1-5,10-11H,6-8H2,(H,25,26)/t10-,11-/m1/s1. The number of carboxylic acids is 1. The first-order valence-corrected chi connectivity index (χ1v) is 7.66. The lowest BCUT2D eigenvalue weighted by Gasteiger charge is -2.18. The van der Waals surface area contributed by atoms with Crippen LogP contribution < -0.4 is 0 Å². The molecule has 0 aliphatic carbocycles. The summed E-state index contributed by atoms with van der Waals surface area (Å²) < 4.78 is 39.0. The zero-order valence-electron chi connectivity index (χ0n) is 13.3. The van der Waals surface area contributed by atoms with E-state index in [1.807, 2.05) is 0 Å². The Balaban J connectivity index is 1.69. The van der Waals surface area contributed by atoms with E-state index in [2.05, 4.69) is 15.4 Å². The van der Waals surface area contributed by atoms with Crippen molar-refractivity contribution in [3.8, 4) is 11.4 Å². The first-order chi connectivity index (χ1) is 12.3. The number of aliphatic carboxylic acids is 1. The van der Waals surface area contributed by atoms with Gasteiger partial charge in [-0.25, -0.2) is 0 Å². The first-order valence-electron chi connectivity index (χ1n) is 7.66. The number of halogens is 3. The van der Waals surface area contributed by atoms with Gasteiger partial charge in [-0.3, -0.25) is 9.59 Å². The summed E-state index contributed by atoms with van der Waals surface area (Å²) in [4.78, 5) is 25.2. The van der Waals surface area contributed by atoms with Crippen molar-refractivity contribution in [2.45, 2.75) is 12.7 Å². The third kappa shape index (κ3) is 3.65. The van der Waals surface area contributed by atoms with Gasteiger partial charge in [0.1, 0.15) is 6.54 Å². The van der Waals surface area contributed by atoms with Crippen molar-refractivity contribution >= 4 is 11.9 Å². The summed E-state index contributed by atoms with van der Waals surface area (Å²) in [6, 6.07) is 8.84. The van der Waals surface area contributed by atoms with Crippen molar-refractivity contribution < 1.29 is 27.9 Å². The van der Waals surface area contributed by atoms with Gasteiger partial charge >= 0.3 is 12.1 Å². The van der Waals surface area contributed by atoms with Crippen LogP contribution in [-0.2, 0) is 16.1 Å². The fourth-order valence-corrected chi connectivity index (χ4v) is 2.82. The molecule has 3 rings (SSSR count). The summed E-state index contributed by atoms with van der Waals surface area (Å²) in [5, 5.41) is 20.5. The molecular formula is C15H14F3N5O3. The number of benzene rings is 1. The van der Waals surface area contributed by atoms with E-state index < -0.39 is 49.5 Å². The Morgan fingerprint density at radius 3 is 2.46 bits per heavy atom. The fraction of sp³-hybridized carbons (Fsp3) is 0.400. The number of likely N-dealkylation sites (tertiary alicyclic amines) is 1. The van der Waals surface area contributed by atoms with E-state index in [4.69, 9.17) is 5.11 Å². The van der Waals surface area contributed by atoms with Crippen LogP contribution in [0.1, 0.15) is 0 Å². The lowest BCUT2D eigenvalue weighted by atomic mass is 9.96. The smallest absolute Gasteiger partial charge is 0.394 e. The number of hydrogen-bond donors (Lipinski definition) is 1. The molecule has 1 aliphatic rings. The van der Waals surface area contributed by atoms with Gasteiger partial charge in [-0.05, 0) is 5.21 Å². The maximum Gasteiger partial charge on any atom is 0.394 e. The normalized spacial score (nSPS) is 20.3. The van der Waals surface area contributed by atoms with Crippen molar-refractivity contribution in [1.82, 2.24) is 25.1 Å². The number of alkyl halides is 3. The first kappa shape index (κ1) is 17.8. The van der Waals surface area contributed by atoms with Gasteiger partial charge in [0, 0.05) is 18.7 Å². The van der Waals surface area contributed by atoms with Gasteiger partial charge in [-0.15, -0.1) is 10.2 Å². The lowest BCUT2D eigenvalue weighted by molar-refractivity contribution is -0.188. The van der Waals surface area contributed by atoms with Crippen molar-refractivity contribution in [2.75, 3.05) is 13.1 Å². The summed E-state index contributed by atoms with van der Waals surface area (Å²) in [6.07, 6.45) is -4.69. The molecule has 1 aromatic carbocycles. The summed E-state index contributed by atoms with van der Waals surface area (Å²) >= 11 is 0. The Labute approximate surface area is 145 Å². The van der Waals surface area contributed by atoms with E-state index >= 15 is 0 Å². The van der Waals surface area contributed by atoms with E-state index in [1.54, 1.807) is 30.3 Å². The van der Waals surface area contributed by atoms with Crippen LogP contribution >= 0.6 is 0 Å². The number of hydrogen-bond acceptors (Lipinski definition) is 5. The molecule has 138 valence electrons. The van der Waals surface area contributed by atoms with Crippen molar-refractivity contribution in [2.24, 2.45) is 11.8 Å². The van der Waals surface area contributed by atoms with Gasteiger partial charge in [0.15, 0.2) is 0 Å². The molecule has 0 saturated carbocycles. The molecule has 2 heterocycles. The summed E-state index contributed by atoms with van der Waals surface area (Å²) in [5.41, 5.74) is 0.676. The number of carbonyl (C=O) groups is 2. The molecule has 2 aromatic rings. The van der Waals surface area contributed by atoms with E-state index in [0.29, 0.717) is 5.56 Å². The Hall–Kier alpha value is -2.98. The molecule has 8 nitrogen and oxygen atoms in total. The number of tetrazole rings is 1. The van der Waals surface area contributed by atoms with E-state index in [9.17, 15) is 22.8 Å². The molecule has 1 N–H and O–H groups in total. The second kappa shape index (κ2) is 6.73. The number of nitrogens with zero attached hydrogens (tertiary/aromatic N) is 5. The molecule has 2 atom stereocenters. The molecule has 0 radical (unpaired) electrons. The number of rotatable bonds is 4. The Kier molecular flexibility index (Phi) is 4.62. The molecule has 0 bridgehead atoms. The van der Waals surface area contributed by atoms with Crippen LogP contribution in [0.15, 0.2) is 30.3 Å². The van der Waals surface area contributed by atoms with Gasteiger partial charge < -0.3 is 10.0 Å². The SMILES string of the molecule is O=C(O)[C@@H]1CN(C(=O)Cn2nnc(-c3ccccc3)n2)C[C@H]1C(F)(F)F. The van der Waals surface area contributed by atoms with Crippen LogP contribution in [0.5, 0.6) is 0 Å². The predicted octanol–water partition coefficient (Wildman–Crippen LogP) is 1.06. The molecule has 1 aromatic heterocycles. The third-order valence-electron chi connectivity index (χ3n) is 4.17. The highest BCUT2D eigenvalue weighted by molar-refractivity contribution is 5.78. The third-order valence-corrected chi connectivity index (χ3v) is 4.17. The van der Waals surface area contributed by atoms with Gasteiger partial charge in [0.05, 0.1) is 11.8 Å². The second-order valence-electron chi connectivity index (χ2n) is 5.90. The van der Waals surface area contributed by atoms with Crippen molar-refractivity contribution in [3.63, 3.8) is 0 Å². The predicted molar refractivity (Wildman–Crippen MR) is 80.5 cm³/mol. The molecule has 1 aliphatic heterocycles. The average Bonchev–Trinajstić information content (AvgIpc) is 3.22. The Morgan fingerprint density at radius 2 is 1.88 bits per heavy atom. The maximum absolute atomic E-state index is 13.0. The molecule has 1 saturated heterocycles. The van der Waals surface area contributed by atoms with E-state index in [1.165, 1.54) is 0 Å². The minimum Gasteiger partial charge on any atom is -0.481 e. The second-order valence-corrected chi connectivity index (χ2v) is 5.90. The quantitative estimate of drug-likeness (QED) is 0.865. The van der Waals surface area contributed by atoms with Gasteiger partial charge in [-0.1, -0.05) is 30.3 Å². The van der Waals surface area contributed by atoms with E-state index in [0.717, 1.165) is 9.70 Å². The summed E-state index contributed by atoms with van der Waals surface area (Å²) in [6.45, 7) is -1.62. The van der Waals surface area contributed by atoms with Crippen molar-refractivity contribution in [3.05, 3.63) is 30.3 Å². The van der Waals surface area contributed by atoms with Crippen LogP contribution in [0.2, 0.25) is 0 Å². The maximum atomic E-state index is 13.0. The monoisotopic (exact) mass is 369 g/mol. The molecule has 1 fully saturated rings. The number of carboxylic acid groups (broad SMARTS) is 1. The minimum absolute atomic E-state index is 0.274. The highest BCUT2D eigenvalue weighted by Crippen LogP contribution is 2.37. The van der Waals surface area contributed by atoms with Gasteiger partial charge in [0.25, 0.3) is 0 Å². The lowest BCUT2D eigenvalue weighted by Crippen LogP contribution is -2.35. The Bertz CT molecular complexity index is 808. The largest absolute Gasteiger partial charge is 0.481 e. The highest BCUT2D eigenvalue weighted by Gasteiger charge is 2.53. The molecule has 0 unspecified atom stereocenters. The topological polar surface area (TPSA) is 101 Å². The highest BCUT2D eigenvalue weighted by atomic mass is 19.4. The van der Waals surface area contributed by atoms with Crippen molar-refractivity contribution in [1.29, 1.82) is 0 Å². The Morgan fingerprint density at radius 1 is 1.19 bits per heavy atom. The number of amides is 1. The van der Waals surface area contributed by atoms with Crippen LogP contribution in [0.4, 0.5) is 13.2 Å². The van der Waals surface area contributed by atoms with E-state index in [-0.39, 0.29) is 5.82 Å². The molecule has 0 spiro atoms. The number of aromatic nitrogens is 4. The van der Waals surface area contributed by atoms with Gasteiger partial charge in [0.2, 0.25) is 11.7 Å². The minimum atomic E-state index is -4.69. The molecular weight excluding hydrogens is 355 g/mol. The summed E-state index contributed by atoms with van der Waals surface area (Å²) in [7, 11) is 0.